The highest BCUT2D eigenvalue weighted by atomic mass is 19.1. The van der Waals surface area contributed by atoms with Crippen molar-refractivity contribution in [1.82, 2.24) is 40.4 Å². The van der Waals surface area contributed by atoms with Gasteiger partial charge in [-0.15, -0.1) is 0 Å². The normalized spacial score (nSPS) is 22.0. The van der Waals surface area contributed by atoms with E-state index in [2.05, 4.69) is 41.2 Å². The summed E-state index contributed by atoms with van der Waals surface area (Å²) in [4.78, 5) is 74.7. The highest BCUT2D eigenvalue weighted by Gasteiger charge is 2.44. The van der Waals surface area contributed by atoms with Crippen LogP contribution in [0.1, 0.15) is 107 Å². The number of halogens is 4. The molecule has 73 heavy (non-hydrogen) atoms. The van der Waals surface area contributed by atoms with Gasteiger partial charge in [-0.1, -0.05) is 84.9 Å². The van der Waals surface area contributed by atoms with E-state index < -0.39 is 66.0 Å². The van der Waals surface area contributed by atoms with Gasteiger partial charge in [-0.25, -0.2) is 32.5 Å². The van der Waals surface area contributed by atoms with E-state index >= 15 is 13.2 Å². The van der Waals surface area contributed by atoms with Crippen molar-refractivity contribution in [2.75, 3.05) is 36.8 Å². The summed E-state index contributed by atoms with van der Waals surface area (Å²) in [6.07, 6.45) is 3.78. The summed E-state index contributed by atoms with van der Waals surface area (Å²) in [6, 6.07) is 25.7. The number of alkyl halides is 2. The predicted molar refractivity (Wildman–Crippen MR) is 264 cm³/mol. The van der Waals surface area contributed by atoms with Crippen molar-refractivity contribution < 1.29 is 36.7 Å². The van der Waals surface area contributed by atoms with E-state index in [1.54, 1.807) is 73.9 Å². The Morgan fingerprint density at radius 1 is 0.616 bits per heavy atom. The molecule has 4 amide bonds. The smallest absolute Gasteiger partial charge is 0.243 e. The topological polar surface area (TPSA) is 174 Å². The molecular formula is C55H54F4N10O4. The van der Waals surface area contributed by atoms with Crippen LogP contribution in [0.15, 0.2) is 122 Å². The quantitative estimate of drug-likeness (QED) is 0.0670. The third-order valence-corrected chi connectivity index (χ3v) is 14.2. The lowest BCUT2D eigenvalue weighted by atomic mass is 9.95. The van der Waals surface area contributed by atoms with E-state index in [0.717, 1.165) is 12.8 Å². The lowest BCUT2D eigenvalue weighted by molar-refractivity contribution is -0.137. The van der Waals surface area contributed by atoms with Gasteiger partial charge in [0.15, 0.2) is 0 Å². The summed E-state index contributed by atoms with van der Waals surface area (Å²) in [7, 11) is 0. The third-order valence-electron chi connectivity index (χ3n) is 14.2. The number of nitrogens with one attached hydrogen (secondary N) is 4. The molecule has 2 aliphatic carbocycles. The molecule has 18 heteroatoms. The fourth-order valence-electron chi connectivity index (χ4n) is 10.2. The first kappa shape index (κ1) is 48.8. The minimum Gasteiger partial charge on any atom is -0.361 e. The Kier molecular flexibility index (Phi) is 14.1. The van der Waals surface area contributed by atoms with Crippen molar-refractivity contribution in [1.29, 1.82) is 0 Å². The summed E-state index contributed by atoms with van der Waals surface area (Å²) >= 11 is 0. The van der Waals surface area contributed by atoms with Gasteiger partial charge in [0.2, 0.25) is 23.6 Å². The third kappa shape index (κ3) is 11.2. The Bertz CT molecular complexity index is 3010. The maximum Gasteiger partial charge on any atom is 0.243 e. The van der Waals surface area contributed by atoms with E-state index in [4.69, 9.17) is 0 Å². The zero-order chi connectivity index (χ0) is 50.8. The Balaban J connectivity index is 0.774. The molecule has 376 valence electrons. The number of aromatic nitrogens is 4. The minimum absolute atomic E-state index is 0.188. The van der Waals surface area contributed by atoms with Crippen LogP contribution >= 0.6 is 0 Å². The summed E-state index contributed by atoms with van der Waals surface area (Å²) in [5.74, 6) is -2.02. The average molecular weight is 995 g/mol. The first-order chi connectivity index (χ1) is 35.4. The summed E-state index contributed by atoms with van der Waals surface area (Å²) in [5, 5.41) is 11.9. The van der Waals surface area contributed by atoms with Gasteiger partial charge < -0.3 is 31.1 Å². The molecule has 2 aliphatic heterocycles. The number of amides is 4. The van der Waals surface area contributed by atoms with Crippen molar-refractivity contribution in [3.8, 4) is 0 Å². The molecule has 2 unspecified atom stereocenters. The number of carbonyl (C=O) groups is 4. The second-order valence-corrected chi connectivity index (χ2v) is 19.3. The summed E-state index contributed by atoms with van der Waals surface area (Å²) < 4.78 is 61.5. The Labute approximate surface area is 419 Å². The van der Waals surface area contributed by atoms with Crippen LogP contribution in [-0.4, -0.2) is 104 Å². The lowest BCUT2D eigenvalue weighted by Gasteiger charge is -2.27. The summed E-state index contributed by atoms with van der Waals surface area (Å²) in [5.41, 5.74) is 4.01. The zero-order valence-corrected chi connectivity index (χ0v) is 39.9. The van der Waals surface area contributed by atoms with Crippen LogP contribution < -0.4 is 21.3 Å². The Morgan fingerprint density at radius 2 is 1.15 bits per heavy atom. The zero-order valence-electron chi connectivity index (χ0n) is 39.9. The molecule has 0 bridgehead atoms. The van der Waals surface area contributed by atoms with Crippen molar-refractivity contribution in [2.45, 2.75) is 93.3 Å². The molecule has 0 spiro atoms. The second-order valence-electron chi connectivity index (χ2n) is 19.3. The fourth-order valence-corrected chi connectivity index (χ4v) is 10.2. The van der Waals surface area contributed by atoms with Crippen LogP contribution in [0.5, 0.6) is 0 Å². The molecule has 0 radical (unpaired) electrons. The van der Waals surface area contributed by atoms with Crippen LogP contribution in [-0.2, 0) is 19.2 Å². The van der Waals surface area contributed by atoms with E-state index in [1.165, 1.54) is 28.1 Å². The van der Waals surface area contributed by atoms with Crippen LogP contribution in [0.3, 0.4) is 0 Å². The Hall–Kier alpha value is -7.76. The molecule has 2 saturated heterocycles. The molecule has 4 N–H and O–H groups in total. The molecule has 4 aromatic carbocycles. The standard InChI is InChI=1S/C55H54F4N10O4/c1-31-61-19-18-48(64-31)62-27-50(70)68-29-37(56)22-46(68)54(72)67-53(34-10-6-3-7-11-34)36-15-17-40(44(59)21-36)41-24-42(41)45-25-60-26-49(65-45)63-28-51(71)69-30-38(57)23-47(69)55(73)66-52(33-8-4-2-5-9-33)35-14-16-39(32-12-13-32)43(58)20-35/h2-11,14-21,25-26,32,37-38,41-42,46-47,52-53H,12-13,22-24,27-30H2,1H3,(H,63,65)(H,66,73)(H,67,72)(H,61,62,64)/t37-,38-,41?,42?,46+,47+,52+,53+/m1/s1. The van der Waals surface area contributed by atoms with Gasteiger partial charge >= 0.3 is 0 Å². The number of hydrogen-bond donors (Lipinski definition) is 4. The highest BCUT2D eigenvalue weighted by Crippen LogP contribution is 2.55. The number of likely N-dealkylation sites (tertiary alicyclic amines) is 2. The van der Waals surface area contributed by atoms with Crippen LogP contribution in [0, 0.1) is 18.6 Å². The highest BCUT2D eigenvalue weighted by molar-refractivity contribution is 5.91. The van der Waals surface area contributed by atoms with Gasteiger partial charge in [0.25, 0.3) is 0 Å². The van der Waals surface area contributed by atoms with Crippen LogP contribution in [0.25, 0.3) is 0 Å². The van der Waals surface area contributed by atoms with Gasteiger partial charge in [-0.2, -0.15) is 0 Å². The van der Waals surface area contributed by atoms with Gasteiger partial charge in [0, 0.05) is 31.2 Å². The molecule has 4 aliphatic rings. The number of carbonyl (C=O) groups excluding carboxylic acids is 4. The fraction of sp³-hybridized carbons (Fsp3) is 0.345. The monoisotopic (exact) mass is 994 g/mol. The largest absolute Gasteiger partial charge is 0.361 e. The number of nitrogens with zero attached hydrogens (tertiary/aromatic N) is 6. The van der Waals surface area contributed by atoms with Crippen LogP contribution in [0.4, 0.5) is 29.2 Å². The molecule has 14 nitrogen and oxygen atoms in total. The lowest BCUT2D eigenvalue weighted by Crippen LogP contribution is -2.48. The number of hydrogen-bond acceptors (Lipinski definition) is 10. The minimum atomic E-state index is -1.43. The first-order valence-corrected chi connectivity index (χ1v) is 24.6. The van der Waals surface area contributed by atoms with Gasteiger partial charge in [0.05, 0.1) is 50.2 Å². The van der Waals surface area contributed by atoms with E-state index in [-0.39, 0.29) is 68.4 Å². The molecular weight excluding hydrogens is 941 g/mol. The Morgan fingerprint density at radius 3 is 1.67 bits per heavy atom. The molecule has 4 fully saturated rings. The number of aryl methyl sites for hydroxylation is 1. The van der Waals surface area contributed by atoms with Gasteiger partial charge in [-0.05, 0) is 89.6 Å². The van der Waals surface area contributed by atoms with Gasteiger partial charge in [0.1, 0.15) is 53.5 Å². The van der Waals surface area contributed by atoms with Gasteiger partial charge in [-0.3, -0.25) is 24.2 Å². The van der Waals surface area contributed by atoms with Crippen molar-refractivity contribution in [3.05, 3.63) is 178 Å². The number of rotatable bonds is 17. The maximum atomic E-state index is 16.3. The molecule has 10 rings (SSSR count). The van der Waals surface area contributed by atoms with Crippen molar-refractivity contribution in [3.63, 3.8) is 0 Å². The molecule has 8 atom stereocenters. The molecule has 4 heterocycles. The SMILES string of the molecule is Cc1nccc(NCC(=O)N2C[C@H](F)C[C@H]2C(=O)N[C@@H](c2ccccc2)c2ccc(C3CC3c3cncc(NCC(=O)N4C[C@H](F)C[C@H]4C(=O)N[C@@H](c4ccccc4)c4ccc(C5CC5)c(F)c4)n3)c(F)c2)n1. The summed E-state index contributed by atoms with van der Waals surface area (Å²) in [6.45, 7) is 0.668. The predicted octanol–water partition coefficient (Wildman–Crippen LogP) is 7.52. The maximum absolute atomic E-state index is 16.3. The van der Waals surface area contributed by atoms with Crippen LogP contribution in [0.2, 0.25) is 0 Å². The van der Waals surface area contributed by atoms with E-state index in [0.29, 0.717) is 57.1 Å². The van der Waals surface area contributed by atoms with E-state index in [1.807, 2.05) is 36.4 Å². The molecule has 2 saturated carbocycles. The molecule has 2 aromatic heterocycles. The van der Waals surface area contributed by atoms with Crippen molar-refractivity contribution >= 4 is 35.3 Å². The number of anilines is 2. The number of benzene rings is 4. The first-order valence-electron chi connectivity index (χ1n) is 24.6. The second kappa shape index (κ2) is 21.1. The van der Waals surface area contributed by atoms with E-state index in [9.17, 15) is 23.6 Å². The molecule has 6 aromatic rings. The van der Waals surface area contributed by atoms with Crippen molar-refractivity contribution in [2.24, 2.45) is 0 Å². The average Bonchev–Trinajstić information content (AvgIpc) is 4.33.